The topological polar surface area (TPSA) is 40.6 Å². The Hall–Kier alpha value is -2.36. The number of rotatable bonds is 37. The van der Waals surface area contributed by atoms with Crippen LogP contribution in [0.15, 0.2) is 41.6 Å². The van der Waals surface area contributed by atoms with E-state index in [9.17, 15) is 9.59 Å². The van der Waals surface area contributed by atoms with Crippen molar-refractivity contribution in [1.29, 1.82) is 0 Å². The smallest absolute Gasteiger partial charge is 0.260 e. The highest BCUT2D eigenvalue weighted by Gasteiger charge is 2.45. The molecule has 0 saturated heterocycles. The number of hydrogen-bond acceptors (Lipinski definition) is 2. The molecule has 2 amide bonds. The molecule has 0 N–H and O–H groups in total. The van der Waals surface area contributed by atoms with Crippen molar-refractivity contribution in [3.63, 3.8) is 0 Å². The Morgan fingerprint density at radius 3 is 1.18 bits per heavy atom. The molecular weight excluding hydrogens is 697 g/mol. The van der Waals surface area contributed by atoms with Crippen molar-refractivity contribution in [1.82, 2.24) is 9.80 Å². The molecule has 4 heteroatoms. The maximum absolute atomic E-state index is 14.6. The largest absolute Gasteiger partial charge is 0.314 e. The predicted molar refractivity (Wildman–Crippen MR) is 247 cm³/mol. The molecule has 57 heavy (non-hydrogen) atoms. The van der Waals surface area contributed by atoms with E-state index in [4.69, 9.17) is 0 Å². The summed E-state index contributed by atoms with van der Waals surface area (Å²) in [6.07, 6.45) is 43.5. The van der Waals surface area contributed by atoms with Crippen LogP contribution in [0.5, 0.6) is 0 Å². The lowest BCUT2D eigenvalue weighted by molar-refractivity contribution is -0.124. The Labute approximate surface area is 353 Å². The van der Waals surface area contributed by atoms with E-state index in [1.54, 1.807) is 0 Å². The van der Waals surface area contributed by atoms with Crippen LogP contribution in [0, 0.1) is 18.8 Å². The maximum Gasteiger partial charge on any atom is 0.260 e. The predicted octanol–water partition coefficient (Wildman–Crippen LogP) is 16.1. The summed E-state index contributed by atoms with van der Waals surface area (Å²) in [5.41, 5.74) is 4.39. The van der Waals surface area contributed by atoms with E-state index in [1.807, 2.05) is 16.0 Å². The average Bonchev–Trinajstić information content (AvgIpc) is 3.67. The minimum absolute atomic E-state index is 0.0517. The molecule has 2 aliphatic rings. The summed E-state index contributed by atoms with van der Waals surface area (Å²) in [6, 6.07) is 8.56. The van der Waals surface area contributed by atoms with Crippen LogP contribution < -0.4 is 0 Å². The Morgan fingerprint density at radius 2 is 0.789 bits per heavy atom. The third kappa shape index (κ3) is 18.6. The summed E-state index contributed by atoms with van der Waals surface area (Å²) in [5.74, 6) is 1.05. The molecule has 0 fully saturated rings. The summed E-state index contributed by atoms with van der Waals surface area (Å²) in [4.78, 5) is 33.1. The number of carbonyl (C=O) groups is 2. The Morgan fingerprint density at radius 1 is 0.439 bits per heavy atom. The first kappa shape index (κ1) is 49.0. The van der Waals surface area contributed by atoms with Gasteiger partial charge in [0.1, 0.15) is 0 Å². The molecule has 2 unspecified atom stereocenters. The van der Waals surface area contributed by atoms with Gasteiger partial charge < -0.3 is 9.80 Å². The second kappa shape index (κ2) is 30.6. The molecule has 0 aliphatic carbocycles. The van der Waals surface area contributed by atoms with Crippen molar-refractivity contribution in [2.24, 2.45) is 11.8 Å². The molecule has 2 atom stereocenters. The van der Waals surface area contributed by atoms with Crippen molar-refractivity contribution in [3.8, 4) is 0 Å². The van der Waals surface area contributed by atoms with Gasteiger partial charge in [0.2, 0.25) is 0 Å². The lowest BCUT2D eigenvalue weighted by atomic mass is 9.93. The molecule has 0 spiro atoms. The van der Waals surface area contributed by atoms with Gasteiger partial charge in [0.25, 0.3) is 11.8 Å². The number of benzene rings is 1. The minimum Gasteiger partial charge on any atom is -0.314 e. The van der Waals surface area contributed by atoms with Crippen LogP contribution in [-0.2, 0) is 9.59 Å². The van der Waals surface area contributed by atoms with Crippen LogP contribution in [0.4, 0.5) is 0 Å². The fourth-order valence-corrected chi connectivity index (χ4v) is 9.38. The third-order valence-electron chi connectivity index (χ3n) is 13.1. The first-order chi connectivity index (χ1) is 27.9. The molecule has 1 aromatic rings. The fraction of sp³-hybridized carbons (Fsp3) is 0.774. The van der Waals surface area contributed by atoms with Gasteiger partial charge in [-0.2, -0.15) is 0 Å². The molecule has 0 saturated carbocycles. The number of unbranched alkanes of at least 4 members (excludes halogenated alkanes) is 24. The minimum atomic E-state index is 0.0517. The van der Waals surface area contributed by atoms with Crippen molar-refractivity contribution in [3.05, 3.63) is 52.7 Å². The van der Waals surface area contributed by atoms with Gasteiger partial charge in [0.05, 0.1) is 16.8 Å². The van der Waals surface area contributed by atoms with E-state index in [-0.39, 0.29) is 11.8 Å². The van der Waals surface area contributed by atoms with Crippen LogP contribution in [0.1, 0.15) is 244 Å². The van der Waals surface area contributed by atoms with Gasteiger partial charge >= 0.3 is 0 Å². The summed E-state index contributed by atoms with van der Waals surface area (Å²) < 4.78 is 0. The van der Waals surface area contributed by atoms with Crippen LogP contribution in [0.25, 0.3) is 5.70 Å². The van der Waals surface area contributed by atoms with Gasteiger partial charge in [0.15, 0.2) is 0 Å². The van der Waals surface area contributed by atoms with Gasteiger partial charge in [0, 0.05) is 19.3 Å². The van der Waals surface area contributed by atoms with Crippen molar-refractivity contribution >= 4 is 17.5 Å². The van der Waals surface area contributed by atoms with Gasteiger partial charge in [-0.25, -0.2) is 0 Å². The van der Waals surface area contributed by atoms with Crippen LogP contribution in [0.2, 0.25) is 0 Å². The van der Waals surface area contributed by atoms with Crippen LogP contribution in [-0.4, -0.2) is 34.7 Å². The van der Waals surface area contributed by atoms with E-state index >= 15 is 0 Å². The standard InChI is InChI=1S/C53H90N2O2/c1-6-10-14-18-22-24-28-31-35-46(34-30-26-20-16-12-8-3)42-54-44-49-50(53(54)57)51(48-40-38-45(5)39-41-48)55(52(49)56)43-47(36-32-27-21-17-13-9-4)37-33-29-25-23-19-15-11-7-2/h38-41,44,46-47H,6-37,42-43H2,1-5H3. The highest BCUT2D eigenvalue weighted by molar-refractivity contribution is 6.24. The van der Waals surface area contributed by atoms with Gasteiger partial charge in [-0.3, -0.25) is 9.59 Å². The lowest BCUT2D eigenvalue weighted by Gasteiger charge is -2.28. The second-order valence-corrected chi connectivity index (χ2v) is 18.4. The molecule has 2 aliphatic heterocycles. The number of hydrogen-bond donors (Lipinski definition) is 0. The summed E-state index contributed by atoms with van der Waals surface area (Å²) in [5, 5.41) is 0. The molecule has 324 valence electrons. The quantitative estimate of drug-likeness (QED) is 0.0630. The Balaban J connectivity index is 1.75. The number of nitrogens with zero attached hydrogens (tertiary/aromatic N) is 2. The molecule has 0 bridgehead atoms. The van der Waals surface area contributed by atoms with Crippen LogP contribution in [0.3, 0.4) is 0 Å². The van der Waals surface area contributed by atoms with E-state index in [0.717, 1.165) is 24.4 Å². The number of fused-ring (bicyclic) bond motifs is 1. The van der Waals surface area contributed by atoms with Crippen LogP contribution >= 0.6 is 0 Å². The summed E-state index contributed by atoms with van der Waals surface area (Å²) >= 11 is 0. The zero-order chi connectivity index (χ0) is 40.9. The first-order valence-corrected chi connectivity index (χ1v) is 25.1. The summed E-state index contributed by atoms with van der Waals surface area (Å²) in [6.45, 7) is 12.7. The molecule has 3 rings (SSSR count). The molecule has 1 aromatic carbocycles. The number of aryl methyl sites for hydroxylation is 1. The monoisotopic (exact) mass is 787 g/mol. The molecule has 4 nitrogen and oxygen atoms in total. The molecule has 0 aromatic heterocycles. The van der Waals surface area contributed by atoms with Gasteiger partial charge in [-0.1, -0.05) is 237 Å². The Bertz CT molecular complexity index is 1280. The Kier molecular flexibility index (Phi) is 26.3. The van der Waals surface area contributed by atoms with Crippen molar-refractivity contribution in [2.75, 3.05) is 13.1 Å². The van der Waals surface area contributed by atoms with Gasteiger partial charge in [-0.05, 0) is 50.0 Å². The number of carbonyl (C=O) groups excluding carboxylic acids is 2. The second-order valence-electron chi connectivity index (χ2n) is 18.4. The van der Waals surface area contributed by atoms with Crippen molar-refractivity contribution in [2.45, 2.75) is 240 Å². The van der Waals surface area contributed by atoms with E-state index in [1.165, 1.54) is 211 Å². The molecular formula is C53H90N2O2. The zero-order valence-electron chi connectivity index (χ0n) is 38.3. The lowest BCUT2D eigenvalue weighted by Crippen LogP contribution is -2.33. The summed E-state index contributed by atoms with van der Waals surface area (Å²) in [7, 11) is 0. The average molecular weight is 787 g/mol. The first-order valence-electron chi connectivity index (χ1n) is 25.1. The normalized spacial score (nSPS) is 15.3. The SMILES string of the molecule is CCCCCCCCCCC(CCCCCCCC)CN1C=C2C(=O)N(CC(CCCCCCCC)CCCCCCCCCC)C(c3ccc(C)cc3)=C2C1=O. The molecule has 0 radical (unpaired) electrons. The maximum atomic E-state index is 14.6. The third-order valence-corrected chi connectivity index (χ3v) is 13.1. The molecule has 2 heterocycles. The van der Waals surface area contributed by atoms with E-state index < -0.39 is 0 Å². The zero-order valence-corrected chi connectivity index (χ0v) is 38.3. The number of amides is 2. The van der Waals surface area contributed by atoms with Gasteiger partial charge in [-0.15, -0.1) is 0 Å². The van der Waals surface area contributed by atoms with Crippen molar-refractivity contribution < 1.29 is 9.59 Å². The van der Waals surface area contributed by atoms with E-state index in [2.05, 4.69) is 58.9 Å². The fourth-order valence-electron chi connectivity index (χ4n) is 9.38. The van der Waals surface area contributed by atoms with E-state index in [0.29, 0.717) is 23.0 Å². The highest BCUT2D eigenvalue weighted by Crippen LogP contribution is 2.42. The highest BCUT2D eigenvalue weighted by atomic mass is 16.2.